The van der Waals surface area contributed by atoms with Crippen LogP contribution in [0.2, 0.25) is 48.2 Å². The van der Waals surface area contributed by atoms with E-state index in [4.69, 9.17) is 5.11 Å². The van der Waals surface area contributed by atoms with E-state index < -0.39 is 6.51 Å². The van der Waals surface area contributed by atoms with Gasteiger partial charge in [-0.05, 0) is 6.92 Å². The fourth-order valence-corrected chi connectivity index (χ4v) is 88.0. The second-order valence-electron chi connectivity index (χ2n) is 9.90. The van der Waals surface area contributed by atoms with Gasteiger partial charge in [-0.2, -0.15) is 0 Å². The van der Waals surface area contributed by atoms with E-state index in [1.165, 1.54) is 0 Å². The van der Waals surface area contributed by atoms with Crippen LogP contribution in [0.3, 0.4) is 0 Å². The Hall–Kier alpha value is 0.479. The van der Waals surface area contributed by atoms with Crippen molar-refractivity contribution in [1.29, 1.82) is 0 Å². The molecule has 0 aromatic carbocycles. The second kappa shape index (κ2) is 0.359. The Balaban J connectivity index is 0.000000151. The van der Waals surface area contributed by atoms with Crippen LogP contribution in [0.5, 0.6) is 0 Å². The molecule has 1 spiro atoms. The summed E-state index contributed by atoms with van der Waals surface area (Å²) < 4.78 is 0. The van der Waals surface area contributed by atoms with Gasteiger partial charge in [-0.3, -0.25) is 0 Å². The molecule has 0 aromatic heterocycles. The molecule has 2 heteroatoms. The molecule has 0 bridgehead atoms. The predicted octanol–water partition coefficient (Wildman–Crippen LogP) is 3.37. The van der Waals surface area contributed by atoms with Crippen molar-refractivity contribution in [2.75, 3.05) is 6.61 Å². The summed E-state index contributed by atoms with van der Waals surface area (Å²) in [5, 5.41) is 7.57. The molecule has 0 aromatic rings. The van der Waals surface area contributed by atoms with Crippen LogP contribution < -0.4 is 0 Å². The van der Waals surface area contributed by atoms with Gasteiger partial charge in [-0.25, -0.2) is 0 Å². The Bertz CT molecular complexity index is 593. The Kier molecular flexibility index (Phi) is 0.133. The van der Waals surface area contributed by atoms with Crippen molar-refractivity contribution < 1.29 is 11.6 Å². The van der Waals surface area contributed by atoms with Gasteiger partial charge in [-0.15, -0.1) is 0 Å². The van der Waals surface area contributed by atoms with Gasteiger partial charge in [0.05, 0.1) is 0 Å². The summed E-state index contributed by atoms with van der Waals surface area (Å²) in [5.74, 6) is 0. The van der Waals surface area contributed by atoms with E-state index in [0.717, 1.165) is 0 Å². The van der Waals surface area contributed by atoms with E-state index in [1.54, 1.807) is 55.1 Å². The summed E-state index contributed by atoms with van der Waals surface area (Å²) in [6.45, 7) is -0.353. The van der Waals surface area contributed by atoms with E-state index in [1.807, 2.05) is 0 Å². The van der Waals surface area contributed by atoms with Gasteiger partial charge in [0.1, 0.15) is 0 Å². The number of fused-ring (bicyclic) bond motifs is 10. The summed E-state index contributed by atoms with van der Waals surface area (Å²) in [5.41, 5.74) is 0. The zero-order valence-corrected chi connectivity index (χ0v) is 9.39. The number of aliphatic hydroxyl groups is 1. The molecule has 0 radical (unpaired) electrons. The van der Waals surface area contributed by atoms with E-state index in [2.05, 4.69) is 0 Å². The number of aliphatic hydroxyl groups excluding tert-OH is 1. The van der Waals surface area contributed by atoms with E-state index >= 15 is 0 Å². The molecule has 0 amide bonds. The average molecular weight is 232 g/mol. The van der Waals surface area contributed by atoms with Crippen LogP contribution in [-0.2, 0) is 6.51 Å². The van der Waals surface area contributed by atoms with Gasteiger partial charge in [0.15, 0.2) is 0 Å². The van der Waals surface area contributed by atoms with Crippen molar-refractivity contribution in [2.24, 2.45) is 0 Å². The van der Waals surface area contributed by atoms with Gasteiger partial charge >= 0.3 is 54.7 Å². The molecule has 0 aliphatic carbocycles. The predicted molar refractivity (Wildman–Crippen MR) is 50.3 cm³/mol. The van der Waals surface area contributed by atoms with E-state index in [0.29, 0.717) is 0 Å². The van der Waals surface area contributed by atoms with Crippen LogP contribution in [0.4, 0.5) is 0 Å². The van der Waals surface area contributed by atoms with Crippen molar-refractivity contribution in [2.45, 2.75) is 55.1 Å². The summed E-state index contributed by atoms with van der Waals surface area (Å²) >= 11 is 0. The maximum atomic E-state index is 7.57. The molecule has 0 atom stereocenters. The minimum atomic E-state index is -2.28. The summed E-state index contributed by atoms with van der Waals surface area (Å²) in [6, 6.07) is 0. The summed E-state index contributed by atoms with van der Waals surface area (Å²) in [4.78, 5) is 15.9. The Labute approximate surface area is 73.5 Å². The third kappa shape index (κ3) is 0.0409. The van der Waals surface area contributed by atoms with Crippen molar-refractivity contribution >= 4 is 0 Å². The molecule has 1 N–H and O–H groups in total. The van der Waals surface area contributed by atoms with Crippen LogP contribution in [0.1, 0.15) is 6.92 Å². The zero-order chi connectivity index (χ0) is 8.80. The molecule has 1 nitrogen and oxygen atoms in total. The minimum absolute atomic E-state index is 0.250. The first kappa shape index (κ1) is 5.21. The Morgan fingerprint density at radius 3 is 0.857 bits per heavy atom. The molecule has 10 fully saturated rings. The molecule has 10 aliphatic rings. The molecular formula is C12H16FeO. The summed E-state index contributed by atoms with van der Waals surface area (Å²) in [7, 11) is 0. The van der Waals surface area contributed by atoms with Crippen LogP contribution in [-0.4, -0.2) is 11.7 Å². The van der Waals surface area contributed by atoms with Crippen LogP contribution in [0.15, 0.2) is 0 Å². The SMILES string of the molecule is CCO.[CH]12[CH]3[CH]4[CH]5[CH]1[Fe]23451678[CH]2[CH]1[CH]6[CH]7[CH]28. The quantitative estimate of drug-likeness (QED) is 0.635. The number of hydrogen-bond acceptors (Lipinski definition) is 1. The van der Waals surface area contributed by atoms with Gasteiger partial charge in [0, 0.05) is 6.61 Å². The zero-order valence-electron chi connectivity index (χ0n) is 8.28. The summed E-state index contributed by atoms with van der Waals surface area (Å²) in [6.07, 6.45) is 0. The Morgan fingerprint density at radius 2 is 0.857 bits per heavy atom. The first-order valence-corrected chi connectivity index (χ1v) is 12.8. The van der Waals surface area contributed by atoms with Crippen LogP contribution in [0.25, 0.3) is 0 Å². The van der Waals surface area contributed by atoms with Crippen LogP contribution in [0, 0.1) is 0 Å². The third-order valence-electron chi connectivity index (χ3n) is 14.5. The molecule has 14 heavy (non-hydrogen) atoms. The fraction of sp³-hybridized carbons (Fsp3) is 1.00. The normalized spacial score (nSPS) is 136. The molecule has 0 unspecified atom stereocenters. The first-order chi connectivity index (χ1) is 6.57. The first-order valence-electron chi connectivity index (χ1n) is 6.40. The van der Waals surface area contributed by atoms with Gasteiger partial charge in [0.25, 0.3) is 0 Å². The van der Waals surface area contributed by atoms with E-state index in [9.17, 15) is 0 Å². The van der Waals surface area contributed by atoms with Gasteiger partial charge in [-0.1, -0.05) is 0 Å². The molecule has 10 heterocycles. The van der Waals surface area contributed by atoms with Crippen LogP contribution >= 0.6 is 0 Å². The molecular weight excluding hydrogens is 216 g/mol. The third-order valence-corrected chi connectivity index (χ3v) is 56.5. The Morgan fingerprint density at radius 1 is 0.714 bits per heavy atom. The topological polar surface area (TPSA) is 20.2 Å². The number of hydrogen-bond donors (Lipinski definition) is 1. The van der Waals surface area contributed by atoms with Gasteiger partial charge < -0.3 is 5.11 Å². The standard InChI is InChI=1S/2C5H5.C2H6O.Fe/c2*1-2-4-5-3-1;1-2-3;/h2*1-5H;3H,2H2,1H3;. The second-order valence-corrected chi connectivity index (χ2v) is 33.8. The molecule has 0 saturated carbocycles. The maximum absolute atomic E-state index is 7.57. The fourth-order valence-electron chi connectivity index (χ4n) is 15.8. The number of rotatable bonds is 0. The molecule has 10 saturated heterocycles. The van der Waals surface area contributed by atoms with E-state index in [-0.39, 0.29) is 6.61 Å². The van der Waals surface area contributed by atoms with Crippen molar-refractivity contribution in [3.63, 3.8) is 0 Å². The average Bonchev–Trinajstić information content (AvgIpc) is 3.15. The molecule has 10 aliphatic heterocycles. The van der Waals surface area contributed by atoms with Crippen molar-refractivity contribution in [3.05, 3.63) is 0 Å². The monoisotopic (exact) mass is 232 g/mol. The van der Waals surface area contributed by atoms with Crippen molar-refractivity contribution in [1.82, 2.24) is 0 Å². The van der Waals surface area contributed by atoms with Crippen molar-refractivity contribution in [3.8, 4) is 0 Å². The molecule has 78 valence electrons. The molecule has 10 rings (SSSR count). The van der Waals surface area contributed by atoms with Gasteiger partial charge in [0.2, 0.25) is 0 Å².